The minimum atomic E-state index is -1.17. The summed E-state index contributed by atoms with van der Waals surface area (Å²) in [5.41, 5.74) is 1.86. The van der Waals surface area contributed by atoms with Crippen molar-refractivity contribution in [1.29, 1.82) is 0 Å². The van der Waals surface area contributed by atoms with Gasteiger partial charge in [0.1, 0.15) is 5.54 Å². The van der Waals surface area contributed by atoms with Gasteiger partial charge in [0.05, 0.1) is 13.1 Å². The number of ketones is 1. The van der Waals surface area contributed by atoms with Gasteiger partial charge in [-0.15, -0.1) is 11.3 Å². The molecule has 1 aromatic carbocycles. The van der Waals surface area contributed by atoms with Crippen molar-refractivity contribution in [3.05, 3.63) is 81.3 Å². The van der Waals surface area contributed by atoms with Crippen LogP contribution in [0.4, 0.5) is 4.79 Å². The van der Waals surface area contributed by atoms with Crippen molar-refractivity contribution < 1.29 is 14.4 Å². The number of carbonyl (C=O) groups excluding carboxylic acids is 3. The van der Waals surface area contributed by atoms with Crippen molar-refractivity contribution in [2.45, 2.75) is 32.9 Å². The minimum Gasteiger partial charge on any atom is -0.343 e. The second-order valence-corrected chi connectivity index (χ2v) is 8.72. The number of hydrogen-bond acceptors (Lipinski definition) is 4. The molecule has 0 saturated carbocycles. The average Bonchev–Trinajstić information content (AvgIpc) is 3.40. The Balaban J connectivity index is 1.56. The van der Waals surface area contributed by atoms with Gasteiger partial charge in [0.25, 0.3) is 5.91 Å². The standard InChI is InChI=1S/C23H23N3O3S/c1-15-12-19(16(2)25(15)13-18-10-7-11-30-18)20(27)14-26-21(28)23(3,24-22(26)29)17-8-5-4-6-9-17/h4-12H,13-14H2,1-3H3,(H,24,29)/t23-/m1/s1. The Kier molecular flexibility index (Phi) is 5.07. The van der Waals surface area contributed by atoms with E-state index in [9.17, 15) is 14.4 Å². The number of hydrogen-bond donors (Lipinski definition) is 1. The molecule has 1 atom stereocenters. The van der Waals surface area contributed by atoms with Crippen LogP contribution < -0.4 is 5.32 Å². The number of thiophene rings is 1. The lowest BCUT2D eigenvalue weighted by Crippen LogP contribution is -2.41. The van der Waals surface area contributed by atoms with Crippen LogP contribution in [0.1, 0.15) is 39.1 Å². The Bertz CT molecular complexity index is 1120. The van der Waals surface area contributed by atoms with E-state index in [0.29, 0.717) is 17.7 Å². The number of rotatable bonds is 6. The number of benzene rings is 1. The SMILES string of the molecule is Cc1cc(C(=O)CN2C(=O)N[C@](C)(c3ccccc3)C2=O)c(C)n1Cc1cccs1. The van der Waals surface area contributed by atoms with E-state index in [4.69, 9.17) is 0 Å². The zero-order valence-electron chi connectivity index (χ0n) is 17.1. The summed E-state index contributed by atoms with van der Waals surface area (Å²) in [7, 11) is 0. The van der Waals surface area contributed by atoms with Crippen LogP contribution in [0.3, 0.4) is 0 Å². The highest BCUT2D eigenvalue weighted by Gasteiger charge is 2.49. The second kappa shape index (κ2) is 7.57. The van der Waals surface area contributed by atoms with Gasteiger partial charge in [-0.3, -0.25) is 14.5 Å². The summed E-state index contributed by atoms with van der Waals surface area (Å²) in [5, 5.41) is 4.77. The summed E-state index contributed by atoms with van der Waals surface area (Å²) in [6, 6.07) is 14.4. The van der Waals surface area contributed by atoms with Crippen LogP contribution >= 0.6 is 11.3 Å². The Morgan fingerprint density at radius 3 is 2.50 bits per heavy atom. The lowest BCUT2D eigenvalue weighted by atomic mass is 9.92. The van der Waals surface area contributed by atoms with Crippen LogP contribution in [0.2, 0.25) is 0 Å². The fourth-order valence-electron chi connectivity index (χ4n) is 3.92. The van der Waals surface area contributed by atoms with E-state index in [1.807, 2.05) is 49.6 Å². The highest BCUT2D eigenvalue weighted by molar-refractivity contribution is 7.09. The Morgan fingerprint density at radius 2 is 1.83 bits per heavy atom. The van der Waals surface area contributed by atoms with Gasteiger partial charge in [-0.1, -0.05) is 36.4 Å². The van der Waals surface area contributed by atoms with E-state index in [1.165, 1.54) is 4.88 Å². The number of amides is 3. The zero-order valence-corrected chi connectivity index (χ0v) is 18.0. The number of nitrogens with one attached hydrogen (secondary N) is 1. The zero-order chi connectivity index (χ0) is 21.5. The normalized spacial score (nSPS) is 18.7. The molecule has 0 radical (unpaired) electrons. The molecule has 1 fully saturated rings. The van der Waals surface area contributed by atoms with Crippen LogP contribution in [-0.2, 0) is 16.9 Å². The highest BCUT2D eigenvalue weighted by Crippen LogP contribution is 2.29. The Hall–Kier alpha value is -3.19. The molecule has 4 rings (SSSR count). The Labute approximate surface area is 179 Å². The van der Waals surface area contributed by atoms with Gasteiger partial charge in [0.15, 0.2) is 5.78 Å². The molecule has 0 aliphatic carbocycles. The summed E-state index contributed by atoms with van der Waals surface area (Å²) in [6.45, 7) is 5.93. The van der Waals surface area contributed by atoms with Gasteiger partial charge in [0, 0.05) is 21.8 Å². The predicted molar refractivity (Wildman–Crippen MR) is 116 cm³/mol. The first kappa shape index (κ1) is 20.1. The van der Waals surface area contributed by atoms with E-state index >= 15 is 0 Å². The van der Waals surface area contributed by atoms with Crippen molar-refractivity contribution in [3.8, 4) is 0 Å². The summed E-state index contributed by atoms with van der Waals surface area (Å²) in [4.78, 5) is 40.9. The number of urea groups is 1. The van der Waals surface area contributed by atoms with Gasteiger partial charge in [-0.25, -0.2) is 4.79 Å². The fraction of sp³-hybridized carbons (Fsp3) is 0.261. The molecule has 1 aliphatic heterocycles. The Morgan fingerprint density at radius 1 is 1.10 bits per heavy atom. The van der Waals surface area contributed by atoms with Crippen LogP contribution in [0.15, 0.2) is 53.9 Å². The highest BCUT2D eigenvalue weighted by atomic mass is 32.1. The first-order valence-electron chi connectivity index (χ1n) is 9.73. The van der Waals surface area contributed by atoms with E-state index in [-0.39, 0.29) is 12.3 Å². The topological polar surface area (TPSA) is 71.4 Å². The molecule has 3 heterocycles. The van der Waals surface area contributed by atoms with Crippen LogP contribution in [0.25, 0.3) is 0 Å². The molecule has 7 heteroatoms. The smallest absolute Gasteiger partial charge is 0.325 e. The third-order valence-electron chi connectivity index (χ3n) is 5.70. The van der Waals surface area contributed by atoms with E-state index in [2.05, 4.69) is 16.0 Å². The van der Waals surface area contributed by atoms with Crippen molar-refractivity contribution in [2.24, 2.45) is 0 Å². The van der Waals surface area contributed by atoms with Crippen molar-refractivity contribution in [2.75, 3.05) is 6.54 Å². The summed E-state index contributed by atoms with van der Waals surface area (Å²) < 4.78 is 2.08. The van der Waals surface area contributed by atoms with Gasteiger partial charge >= 0.3 is 6.03 Å². The molecule has 0 bridgehead atoms. The third-order valence-corrected chi connectivity index (χ3v) is 6.56. The first-order chi connectivity index (χ1) is 14.3. The predicted octanol–water partition coefficient (Wildman–Crippen LogP) is 3.86. The van der Waals surface area contributed by atoms with Gasteiger partial charge in [0.2, 0.25) is 0 Å². The van der Waals surface area contributed by atoms with Gasteiger partial charge in [-0.2, -0.15) is 0 Å². The lowest BCUT2D eigenvalue weighted by Gasteiger charge is -2.22. The molecule has 154 valence electrons. The molecule has 6 nitrogen and oxygen atoms in total. The monoisotopic (exact) mass is 421 g/mol. The van der Waals surface area contributed by atoms with E-state index < -0.39 is 17.5 Å². The van der Waals surface area contributed by atoms with E-state index in [0.717, 1.165) is 16.3 Å². The molecule has 1 N–H and O–H groups in total. The molecular weight excluding hydrogens is 398 g/mol. The van der Waals surface area contributed by atoms with Gasteiger partial charge in [-0.05, 0) is 43.8 Å². The molecule has 30 heavy (non-hydrogen) atoms. The third kappa shape index (κ3) is 3.35. The van der Waals surface area contributed by atoms with E-state index in [1.54, 1.807) is 30.4 Å². The molecule has 1 saturated heterocycles. The second-order valence-electron chi connectivity index (χ2n) is 7.69. The van der Waals surface area contributed by atoms with Crippen LogP contribution in [0.5, 0.6) is 0 Å². The maximum absolute atomic E-state index is 13.1. The molecule has 0 spiro atoms. The number of carbonyl (C=O) groups is 3. The molecule has 0 unspecified atom stereocenters. The lowest BCUT2D eigenvalue weighted by molar-refractivity contribution is -0.130. The number of imide groups is 1. The van der Waals surface area contributed by atoms with Crippen LogP contribution in [-0.4, -0.2) is 33.7 Å². The van der Waals surface area contributed by atoms with Crippen molar-refractivity contribution in [3.63, 3.8) is 0 Å². The number of Topliss-reactive ketones (excluding diaryl/α,β-unsaturated/α-hetero) is 1. The number of nitrogens with zero attached hydrogens (tertiary/aromatic N) is 2. The number of aryl methyl sites for hydroxylation is 1. The molecule has 3 aromatic rings. The average molecular weight is 422 g/mol. The number of aromatic nitrogens is 1. The van der Waals surface area contributed by atoms with Crippen LogP contribution in [0, 0.1) is 13.8 Å². The summed E-state index contributed by atoms with van der Waals surface area (Å²) in [6.07, 6.45) is 0. The molecule has 2 aromatic heterocycles. The first-order valence-corrected chi connectivity index (χ1v) is 10.6. The van der Waals surface area contributed by atoms with Crippen molar-refractivity contribution >= 4 is 29.1 Å². The molecular formula is C23H23N3O3S. The summed E-state index contributed by atoms with van der Waals surface area (Å²) in [5.74, 6) is -0.666. The molecule has 1 aliphatic rings. The minimum absolute atomic E-state index is 0.249. The van der Waals surface area contributed by atoms with Gasteiger partial charge < -0.3 is 9.88 Å². The molecule has 3 amide bonds. The maximum atomic E-state index is 13.1. The van der Waals surface area contributed by atoms with Crippen molar-refractivity contribution in [1.82, 2.24) is 14.8 Å². The summed E-state index contributed by atoms with van der Waals surface area (Å²) >= 11 is 1.67. The fourth-order valence-corrected chi connectivity index (χ4v) is 4.61. The maximum Gasteiger partial charge on any atom is 0.325 e. The quantitative estimate of drug-likeness (QED) is 0.485. The largest absolute Gasteiger partial charge is 0.343 e.